The van der Waals surface area contributed by atoms with Gasteiger partial charge >= 0.3 is 5.97 Å². The van der Waals surface area contributed by atoms with Gasteiger partial charge in [-0.15, -0.1) is 0 Å². The fourth-order valence-corrected chi connectivity index (χ4v) is 2.15. The number of carboxylic acid groups (broad SMARTS) is 1. The van der Waals surface area contributed by atoms with Gasteiger partial charge in [0.15, 0.2) is 5.78 Å². The van der Waals surface area contributed by atoms with Gasteiger partial charge in [0.2, 0.25) is 0 Å². The van der Waals surface area contributed by atoms with Crippen LogP contribution >= 0.6 is 0 Å². The summed E-state index contributed by atoms with van der Waals surface area (Å²) < 4.78 is 13.5. The van der Waals surface area contributed by atoms with Crippen molar-refractivity contribution in [3.05, 3.63) is 34.1 Å². The van der Waals surface area contributed by atoms with Gasteiger partial charge in [-0.1, -0.05) is 0 Å². The first-order chi connectivity index (χ1) is 7.52. The lowest BCUT2D eigenvalue weighted by atomic mass is 9.84. The minimum Gasteiger partial charge on any atom is -0.478 e. The molecule has 0 aliphatic heterocycles. The number of Topliss-reactive ketones (excluding diaryl/α,β-unsaturated/α-hetero) is 1. The first-order valence-electron chi connectivity index (χ1n) is 5.11. The Morgan fingerprint density at radius 3 is 2.75 bits per heavy atom. The van der Waals surface area contributed by atoms with E-state index in [1.807, 2.05) is 0 Å². The van der Waals surface area contributed by atoms with Gasteiger partial charge in [-0.3, -0.25) is 4.79 Å². The van der Waals surface area contributed by atoms with Crippen LogP contribution in [0.15, 0.2) is 6.07 Å². The Kier molecular flexibility index (Phi) is 2.50. The molecule has 1 aromatic rings. The Morgan fingerprint density at radius 2 is 2.12 bits per heavy atom. The van der Waals surface area contributed by atoms with E-state index >= 15 is 0 Å². The molecule has 3 nitrogen and oxygen atoms in total. The van der Waals surface area contributed by atoms with Crippen molar-refractivity contribution in [1.29, 1.82) is 0 Å². The van der Waals surface area contributed by atoms with Crippen LogP contribution in [0.25, 0.3) is 0 Å². The van der Waals surface area contributed by atoms with Crippen molar-refractivity contribution in [3.63, 3.8) is 0 Å². The van der Waals surface area contributed by atoms with Crippen molar-refractivity contribution in [1.82, 2.24) is 0 Å². The normalized spacial score (nSPS) is 14.8. The number of hydrogen-bond acceptors (Lipinski definition) is 2. The number of carbonyl (C=O) groups is 2. The molecule has 1 aliphatic rings. The van der Waals surface area contributed by atoms with Crippen LogP contribution in [-0.4, -0.2) is 16.9 Å². The molecule has 16 heavy (non-hydrogen) atoms. The molecular formula is C12H11FO3. The minimum absolute atomic E-state index is 0.193. The number of benzene rings is 1. The highest BCUT2D eigenvalue weighted by Crippen LogP contribution is 2.29. The van der Waals surface area contributed by atoms with E-state index < -0.39 is 11.8 Å². The van der Waals surface area contributed by atoms with Crippen molar-refractivity contribution >= 4 is 11.8 Å². The van der Waals surface area contributed by atoms with Gasteiger partial charge < -0.3 is 5.11 Å². The van der Waals surface area contributed by atoms with E-state index in [1.54, 1.807) is 6.92 Å². The second-order valence-electron chi connectivity index (χ2n) is 3.97. The SMILES string of the molecule is Cc1c(F)cc(C(=O)O)c2c1CCCC2=O. The summed E-state index contributed by atoms with van der Waals surface area (Å²) in [4.78, 5) is 22.7. The maximum atomic E-state index is 13.5. The summed E-state index contributed by atoms with van der Waals surface area (Å²) in [5, 5.41) is 8.96. The molecule has 0 unspecified atom stereocenters. The molecular weight excluding hydrogens is 211 g/mol. The molecule has 1 N–H and O–H groups in total. The summed E-state index contributed by atoms with van der Waals surface area (Å²) in [6, 6.07) is 0.944. The molecule has 4 heteroatoms. The van der Waals surface area contributed by atoms with Crippen LogP contribution in [-0.2, 0) is 6.42 Å². The van der Waals surface area contributed by atoms with Gasteiger partial charge in [0.1, 0.15) is 5.82 Å². The van der Waals surface area contributed by atoms with Crippen LogP contribution in [0.1, 0.15) is 44.7 Å². The highest BCUT2D eigenvalue weighted by Gasteiger charge is 2.27. The Hall–Kier alpha value is -1.71. The average Bonchev–Trinajstić information content (AvgIpc) is 2.23. The molecule has 0 bridgehead atoms. The third-order valence-electron chi connectivity index (χ3n) is 2.99. The molecule has 84 valence electrons. The Morgan fingerprint density at radius 1 is 1.44 bits per heavy atom. The summed E-state index contributed by atoms with van der Waals surface area (Å²) in [5.41, 5.74) is 0.960. The van der Waals surface area contributed by atoms with E-state index in [0.717, 1.165) is 6.07 Å². The fraction of sp³-hybridized carbons (Fsp3) is 0.333. The van der Waals surface area contributed by atoms with Crippen LogP contribution in [0.2, 0.25) is 0 Å². The third kappa shape index (κ3) is 1.50. The van der Waals surface area contributed by atoms with Gasteiger partial charge in [0.05, 0.1) is 5.56 Å². The van der Waals surface area contributed by atoms with Crippen molar-refractivity contribution in [2.45, 2.75) is 26.2 Å². The van der Waals surface area contributed by atoms with Crippen LogP contribution in [0.3, 0.4) is 0 Å². The molecule has 0 spiro atoms. The second kappa shape index (κ2) is 3.70. The monoisotopic (exact) mass is 222 g/mol. The van der Waals surface area contributed by atoms with E-state index in [0.29, 0.717) is 30.4 Å². The molecule has 0 amide bonds. The third-order valence-corrected chi connectivity index (χ3v) is 2.99. The number of fused-ring (bicyclic) bond motifs is 1. The molecule has 1 aromatic carbocycles. The van der Waals surface area contributed by atoms with Gasteiger partial charge in [0, 0.05) is 12.0 Å². The molecule has 0 fully saturated rings. The zero-order chi connectivity index (χ0) is 11.9. The van der Waals surface area contributed by atoms with Crippen molar-refractivity contribution < 1.29 is 19.1 Å². The highest BCUT2D eigenvalue weighted by atomic mass is 19.1. The summed E-state index contributed by atoms with van der Waals surface area (Å²) >= 11 is 0. The Labute approximate surface area is 91.9 Å². The molecule has 2 rings (SSSR count). The van der Waals surface area contributed by atoms with Gasteiger partial charge in [-0.05, 0) is 37.0 Å². The maximum Gasteiger partial charge on any atom is 0.336 e. The zero-order valence-corrected chi connectivity index (χ0v) is 8.84. The van der Waals surface area contributed by atoms with Crippen LogP contribution in [0.5, 0.6) is 0 Å². The summed E-state index contributed by atoms with van der Waals surface area (Å²) in [5.74, 6) is -1.99. The lowest BCUT2D eigenvalue weighted by Gasteiger charge is -2.19. The van der Waals surface area contributed by atoms with E-state index in [1.165, 1.54) is 0 Å². The number of ketones is 1. The number of carbonyl (C=O) groups excluding carboxylic acids is 1. The van der Waals surface area contributed by atoms with E-state index in [9.17, 15) is 14.0 Å². The van der Waals surface area contributed by atoms with E-state index in [-0.39, 0.29) is 16.9 Å². The quantitative estimate of drug-likeness (QED) is 0.793. The maximum absolute atomic E-state index is 13.5. The predicted octanol–water partition coefficient (Wildman–Crippen LogP) is 2.35. The summed E-state index contributed by atoms with van der Waals surface area (Å²) in [6.07, 6.45) is 1.58. The summed E-state index contributed by atoms with van der Waals surface area (Å²) in [7, 11) is 0. The fourth-order valence-electron chi connectivity index (χ4n) is 2.15. The number of halogens is 1. The predicted molar refractivity (Wildman–Crippen MR) is 55.4 cm³/mol. The van der Waals surface area contributed by atoms with Crippen LogP contribution in [0.4, 0.5) is 4.39 Å². The topological polar surface area (TPSA) is 54.4 Å². The molecule has 0 heterocycles. The highest BCUT2D eigenvalue weighted by molar-refractivity contribution is 6.07. The second-order valence-corrected chi connectivity index (χ2v) is 3.97. The molecule has 0 saturated carbocycles. The lowest BCUT2D eigenvalue weighted by Crippen LogP contribution is -2.18. The molecule has 0 aromatic heterocycles. The zero-order valence-electron chi connectivity index (χ0n) is 8.84. The molecule has 0 atom stereocenters. The van der Waals surface area contributed by atoms with Crippen molar-refractivity contribution in [2.75, 3.05) is 0 Å². The number of rotatable bonds is 1. The largest absolute Gasteiger partial charge is 0.478 e. The van der Waals surface area contributed by atoms with Crippen LogP contribution < -0.4 is 0 Å². The molecule has 0 radical (unpaired) electrons. The van der Waals surface area contributed by atoms with Gasteiger partial charge in [-0.2, -0.15) is 0 Å². The Balaban J connectivity index is 2.77. The standard InChI is InChI=1S/C12H11FO3/c1-6-7-3-2-4-10(14)11(7)8(12(15)16)5-9(6)13/h5H,2-4H2,1H3,(H,15,16). The Bertz CT molecular complexity index is 492. The first-order valence-corrected chi connectivity index (χ1v) is 5.11. The molecule has 1 aliphatic carbocycles. The smallest absolute Gasteiger partial charge is 0.336 e. The van der Waals surface area contributed by atoms with Gasteiger partial charge in [-0.25, -0.2) is 9.18 Å². The number of hydrogen-bond donors (Lipinski definition) is 1. The van der Waals surface area contributed by atoms with Gasteiger partial charge in [0.25, 0.3) is 0 Å². The van der Waals surface area contributed by atoms with Crippen molar-refractivity contribution in [3.8, 4) is 0 Å². The summed E-state index contributed by atoms with van der Waals surface area (Å²) in [6.45, 7) is 1.58. The first kappa shape index (κ1) is 10.8. The minimum atomic E-state index is -1.24. The van der Waals surface area contributed by atoms with E-state index in [2.05, 4.69) is 0 Å². The molecule has 0 saturated heterocycles. The van der Waals surface area contributed by atoms with Crippen LogP contribution in [0, 0.1) is 12.7 Å². The van der Waals surface area contributed by atoms with E-state index in [4.69, 9.17) is 5.11 Å². The average molecular weight is 222 g/mol. The number of aromatic carboxylic acids is 1. The number of carboxylic acids is 1. The lowest BCUT2D eigenvalue weighted by molar-refractivity contribution is 0.0690. The van der Waals surface area contributed by atoms with Crippen molar-refractivity contribution in [2.24, 2.45) is 0 Å².